The number of hydrogen-bond donors (Lipinski definition) is 2. The summed E-state index contributed by atoms with van der Waals surface area (Å²) >= 11 is 0. The van der Waals surface area contributed by atoms with Gasteiger partial charge in [-0.3, -0.25) is 0 Å². The van der Waals surface area contributed by atoms with Gasteiger partial charge in [-0.1, -0.05) is 0 Å². The van der Waals surface area contributed by atoms with Crippen LogP contribution in [0.1, 0.15) is 0 Å². The Morgan fingerprint density at radius 3 is 1.15 bits per heavy atom. The maximum absolute atomic E-state index is 9.63. The van der Waals surface area contributed by atoms with Gasteiger partial charge < -0.3 is 35.5 Å². The first-order valence-electron chi connectivity index (χ1n) is 2.24. The summed E-state index contributed by atoms with van der Waals surface area (Å²) in [6.07, 6.45) is -4.88. The Morgan fingerprint density at radius 2 is 1.08 bits per heavy atom. The van der Waals surface area contributed by atoms with E-state index in [1.165, 1.54) is 0 Å². The minimum absolute atomic E-state index is 0. The molecule has 0 aliphatic heterocycles. The molecule has 66 valence electrons. The van der Waals surface area contributed by atoms with E-state index in [0.717, 1.165) is 0 Å². The van der Waals surface area contributed by atoms with E-state index < -0.39 is 24.1 Å². The fourth-order valence-corrected chi connectivity index (χ4v) is 0.258. The molecule has 9 heteroatoms. The van der Waals surface area contributed by atoms with E-state index in [0.29, 0.717) is 0 Å². The van der Waals surface area contributed by atoms with Crippen LogP contribution in [0.3, 0.4) is 0 Å². The molecule has 13 heavy (non-hydrogen) atoms. The summed E-state index contributed by atoms with van der Waals surface area (Å²) in [4.78, 5) is 19.3. The summed E-state index contributed by atoms with van der Waals surface area (Å²) in [7, 11) is 0. The van der Waals surface area contributed by atoms with Crippen LogP contribution in [0, 0.1) is 0 Å². The van der Waals surface area contributed by atoms with E-state index in [2.05, 4.69) is 0 Å². The zero-order valence-corrected chi connectivity index (χ0v) is 11.2. The molecule has 0 aliphatic carbocycles. The molecule has 2 atom stereocenters. The van der Waals surface area contributed by atoms with Crippen LogP contribution in [0.15, 0.2) is 0 Å². The van der Waals surface area contributed by atoms with Crippen molar-refractivity contribution in [2.75, 3.05) is 0 Å². The monoisotopic (exact) mass is 212 g/mol. The zero-order valence-electron chi connectivity index (χ0n) is 7.18. The summed E-state index contributed by atoms with van der Waals surface area (Å²) in [5.74, 6) is -4.12. The first-order chi connectivity index (χ1) is 4.46. The summed E-state index contributed by atoms with van der Waals surface area (Å²) < 4.78 is 0. The molecule has 0 aliphatic rings. The number of aliphatic carboxylic acids is 2. The van der Waals surface area contributed by atoms with Crippen molar-refractivity contribution in [1.82, 2.24) is 0 Å². The number of rotatable bonds is 3. The molecule has 0 amide bonds. The Morgan fingerprint density at radius 1 is 0.923 bits per heavy atom. The Kier molecular flexibility index (Phi) is 19.7. The van der Waals surface area contributed by atoms with Gasteiger partial charge in [-0.05, 0) is 0 Å². The average molecular weight is 212 g/mol. The summed E-state index contributed by atoms with van der Waals surface area (Å²) in [6.45, 7) is 0. The van der Waals surface area contributed by atoms with Gasteiger partial charge >= 0.3 is 59.1 Å². The maximum atomic E-state index is 9.63. The molecular weight excluding hydrogens is 206 g/mol. The minimum atomic E-state index is -2.44. The summed E-state index contributed by atoms with van der Waals surface area (Å²) in [6, 6.07) is 0. The Hall–Kier alpha value is 0.820. The molecule has 0 aromatic carbocycles. The van der Waals surface area contributed by atoms with Crippen molar-refractivity contribution in [2.24, 2.45) is 0 Å². The van der Waals surface area contributed by atoms with Crippen LogP contribution in [0.25, 0.3) is 0 Å². The average Bonchev–Trinajstić information content (AvgIpc) is 1.84. The van der Waals surface area contributed by atoms with Crippen molar-refractivity contribution >= 4 is 11.9 Å². The molecule has 4 N–H and O–H groups in total. The van der Waals surface area contributed by atoms with Gasteiger partial charge in [-0.15, -0.1) is 0 Å². The topological polar surface area (TPSA) is 152 Å². The second kappa shape index (κ2) is 10.9. The fourth-order valence-electron chi connectivity index (χ4n) is 0.258. The van der Waals surface area contributed by atoms with E-state index in [1.54, 1.807) is 0 Å². The van der Waals surface area contributed by atoms with E-state index >= 15 is 0 Å². The van der Waals surface area contributed by atoms with Gasteiger partial charge in [0.25, 0.3) is 0 Å². The van der Waals surface area contributed by atoms with Crippen LogP contribution in [-0.2, 0) is 9.59 Å². The van der Waals surface area contributed by atoms with Crippen LogP contribution in [0.2, 0.25) is 0 Å². The molecule has 0 radical (unpaired) electrons. The van der Waals surface area contributed by atoms with E-state index in [1.807, 2.05) is 0 Å². The van der Waals surface area contributed by atoms with Crippen LogP contribution < -0.4 is 69.3 Å². The van der Waals surface area contributed by atoms with Gasteiger partial charge in [0.05, 0.1) is 11.9 Å². The quantitative estimate of drug-likeness (QED) is 0.443. The van der Waals surface area contributed by atoms with Crippen LogP contribution >= 0.6 is 0 Å². The molecule has 0 aromatic heterocycles. The van der Waals surface area contributed by atoms with Crippen molar-refractivity contribution in [3.63, 3.8) is 0 Å². The molecule has 0 saturated carbocycles. The van der Waals surface area contributed by atoms with E-state index in [9.17, 15) is 19.8 Å². The molecule has 0 spiro atoms. The first-order valence-corrected chi connectivity index (χ1v) is 2.24. The number of aliphatic hydroxyl groups is 2. The third-order valence-corrected chi connectivity index (χ3v) is 0.782. The maximum Gasteiger partial charge on any atom is 1.00 e. The molecule has 0 fully saturated rings. The van der Waals surface area contributed by atoms with Crippen molar-refractivity contribution < 1.29 is 94.6 Å². The zero-order chi connectivity index (χ0) is 8.31. The van der Waals surface area contributed by atoms with Gasteiger partial charge in [0, 0.05) is 0 Å². The second-order valence-corrected chi connectivity index (χ2v) is 1.53. The second-order valence-electron chi connectivity index (χ2n) is 1.53. The molecule has 0 saturated heterocycles. The number of hydrogen-bond acceptors (Lipinski definition) is 6. The molecule has 0 unspecified atom stereocenters. The van der Waals surface area contributed by atoms with Gasteiger partial charge in [-0.2, -0.15) is 0 Å². The molecule has 0 bridgehead atoms. The standard InChI is InChI=1S/C4H6O6.2Na.H2O/c5-1(3(7)8)2(6)4(9)10;;;/h1-2,5-6H,(H,7,8)(H,9,10);;;1H2/q;2*+1;/p-2/t1-,2-;;;/m0.../s1. The van der Waals surface area contributed by atoms with Gasteiger partial charge in [0.15, 0.2) is 0 Å². The first kappa shape index (κ1) is 23.6. The number of carboxylic acid groups (broad SMARTS) is 2. The predicted octanol–water partition coefficient (Wildman–Crippen LogP) is -11.6. The number of carbonyl (C=O) groups is 2. The van der Waals surface area contributed by atoms with Crippen LogP contribution in [-0.4, -0.2) is 39.8 Å². The van der Waals surface area contributed by atoms with E-state index in [4.69, 9.17) is 10.2 Å². The van der Waals surface area contributed by atoms with E-state index in [-0.39, 0.29) is 64.6 Å². The van der Waals surface area contributed by atoms with Gasteiger partial charge in [0.1, 0.15) is 12.2 Å². The minimum Gasteiger partial charge on any atom is -0.547 e. The largest absolute Gasteiger partial charge is 1.00 e. The molecule has 0 aromatic rings. The summed E-state index contributed by atoms with van der Waals surface area (Å²) in [5, 5.41) is 35.7. The number of carboxylic acids is 2. The van der Waals surface area contributed by atoms with Crippen molar-refractivity contribution in [3.05, 3.63) is 0 Å². The molecule has 7 nitrogen and oxygen atoms in total. The fraction of sp³-hybridized carbons (Fsp3) is 0.500. The smallest absolute Gasteiger partial charge is 0.547 e. The van der Waals surface area contributed by atoms with Crippen molar-refractivity contribution in [2.45, 2.75) is 12.2 Å². The molecular formula is C4H6Na2O7. The Bertz CT molecular complexity index is 143. The summed E-state index contributed by atoms with van der Waals surface area (Å²) in [5.41, 5.74) is 0. The Balaban J connectivity index is -0.000000135. The van der Waals surface area contributed by atoms with Crippen molar-refractivity contribution in [1.29, 1.82) is 0 Å². The van der Waals surface area contributed by atoms with Crippen molar-refractivity contribution in [3.8, 4) is 0 Å². The third kappa shape index (κ3) is 9.13. The van der Waals surface area contributed by atoms with Gasteiger partial charge in [0.2, 0.25) is 0 Å². The number of carbonyl (C=O) groups excluding carboxylic acids is 2. The third-order valence-electron chi connectivity index (χ3n) is 0.782. The van der Waals surface area contributed by atoms with Crippen LogP contribution in [0.5, 0.6) is 0 Å². The Labute approximate surface area is 118 Å². The van der Waals surface area contributed by atoms with Gasteiger partial charge in [-0.25, -0.2) is 0 Å². The molecule has 0 rings (SSSR count). The molecule has 0 heterocycles. The normalized spacial score (nSPS) is 12.2. The van der Waals surface area contributed by atoms with Crippen LogP contribution in [0.4, 0.5) is 0 Å². The SMILES string of the molecule is O.O=C([O-])[C@@H](O)[C@H](O)C(=O)[O-].[Na+].[Na+]. The number of aliphatic hydroxyl groups excluding tert-OH is 2. The predicted molar refractivity (Wildman–Crippen MR) is 25.6 cm³/mol.